The van der Waals surface area contributed by atoms with Crippen LogP contribution in [0.1, 0.15) is 78.1 Å². The maximum absolute atomic E-state index is 5.50. The Bertz CT molecular complexity index is 123. The van der Waals surface area contributed by atoms with Gasteiger partial charge in [0, 0.05) is 32.1 Å². The molecule has 0 N–H and O–H groups in total. The third kappa shape index (κ3) is 19.4. The molecular formula is C14H30AlLiO2. The molecule has 0 aromatic carbocycles. The van der Waals surface area contributed by atoms with Crippen molar-refractivity contribution in [2.45, 2.75) is 78.1 Å². The van der Waals surface area contributed by atoms with E-state index in [-0.39, 0.29) is 34.7 Å². The molecule has 0 aliphatic rings. The SMILES string of the molecule is CCCCCCC[O][Al][O]CCCCCCC.[Li]. The topological polar surface area (TPSA) is 18.5 Å². The molecule has 0 aromatic rings. The monoisotopic (exact) mass is 264 g/mol. The van der Waals surface area contributed by atoms with Crippen LogP contribution in [0.4, 0.5) is 0 Å². The minimum atomic E-state index is -0.206. The Balaban J connectivity index is 0. The molecule has 0 bridgehead atoms. The van der Waals surface area contributed by atoms with Crippen molar-refractivity contribution in [1.29, 1.82) is 0 Å². The quantitative estimate of drug-likeness (QED) is 0.347. The Labute approximate surface area is 133 Å². The van der Waals surface area contributed by atoms with Gasteiger partial charge in [-0.1, -0.05) is 65.2 Å². The fourth-order valence-corrected chi connectivity index (χ4v) is 2.34. The Morgan fingerprint density at radius 3 is 1.39 bits per heavy atom. The number of rotatable bonds is 14. The van der Waals surface area contributed by atoms with Crippen molar-refractivity contribution in [2.24, 2.45) is 0 Å². The average molecular weight is 264 g/mol. The molecule has 0 rings (SSSR count). The third-order valence-corrected chi connectivity index (χ3v) is 3.61. The second kappa shape index (κ2) is 20.4. The summed E-state index contributed by atoms with van der Waals surface area (Å²) in [6.07, 6.45) is 13.1. The van der Waals surface area contributed by atoms with Gasteiger partial charge in [0.25, 0.3) is 0 Å². The maximum atomic E-state index is 5.50. The van der Waals surface area contributed by atoms with Crippen molar-refractivity contribution in [1.82, 2.24) is 0 Å². The van der Waals surface area contributed by atoms with E-state index in [4.69, 9.17) is 7.58 Å². The van der Waals surface area contributed by atoms with Gasteiger partial charge < -0.3 is 7.58 Å². The van der Waals surface area contributed by atoms with Crippen LogP contribution in [-0.2, 0) is 7.58 Å². The molecule has 2 radical (unpaired) electrons. The van der Waals surface area contributed by atoms with Gasteiger partial charge >= 0.3 is 15.9 Å². The molecule has 0 aromatic heterocycles. The molecule has 102 valence electrons. The first kappa shape index (κ1) is 21.4. The van der Waals surface area contributed by atoms with Gasteiger partial charge in [0.15, 0.2) is 0 Å². The van der Waals surface area contributed by atoms with Gasteiger partial charge in [0.2, 0.25) is 0 Å². The molecular weight excluding hydrogens is 234 g/mol. The average Bonchev–Trinajstić information content (AvgIpc) is 2.35. The number of hydrogen-bond donors (Lipinski definition) is 0. The summed E-state index contributed by atoms with van der Waals surface area (Å²) in [6.45, 7) is 6.29. The number of hydrogen-bond acceptors (Lipinski definition) is 2. The van der Waals surface area contributed by atoms with Crippen LogP contribution in [-0.4, -0.2) is 48.0 Å². The summed E-state index contributed by atoms with van der Waals surface area (Å²) in [5, 5.41) is 0. The maximum Gasteiger partial charge on any atom is 0.668 e. The summed E-state index contributed by atoms with van der Waals surface area (Å²) >= 11 is -0.206. The zero-order valence-electron chi connectivity index (χ0n) is 12.9. The van der Waals surface area contributed by atoms with Crippen LogP contribution in [0.2, 0.25) is 0 Å². The molecule has 4 heteroatoms. The Kier molecular flexibility index (Phi) is 24.2. The smallest absolute Gasteiger partial charge is 0.484 e. The molecule has 0 aliphatic carbocycles. The summed E-state index contributed by atoms with van der Waals surface area (Å²) in [7, 11) is 0. The van der Waals surface area contributed by atoms with Crippen molar-refractivity contribution >= 4 is 34.7 Å². The first-order valence-corrected chi connectivity index (χ1v) is 8.41. The minimum absolute atomic E-state index is 0. The van der Waals surface area contributed by atoms with Crippen LogP contribution in [0.5, 0.6) is 0 Å². The van der Waals surface area contributed by atoms with Crippen molar-refractivity contribution in [3.05, 3.63) is 0 Å². The Morgan fingerprint density at radius 2 is 1.00 bits per heavy atom. The minimum Gasteiger partial charge on any atom is -0.484 e. The van der Waals surface area contributed by atoms with Crippen molar-refractivity contribution < 1.29 is 7.58 Å². The Hall–Kier alpha value is 1.05. The van der Waals surface area contributed by atoms with Gasteiger partial charge in [-0.05, 0) is 12.8 Å². The van der Waals surface area contributed by atoms with Gasteiger partial charge in [-0.3, -0.25) is 0 Å². The normalized spacial score (nSPS) is 10.1. The van der Waals surface area contributed by atoms with E-state index in [1.165, 1.54) is 64.2 Å². The van der Waals surface area contributed by atoms with Crippen molar-refractivity contribution in [3.8, 4) is 0 Å². The van der Waals surface area contributed by atoms with E-state index in [9.17, 15) is 0 Å². The van der Waals surface area contributed by atoms with Gasteiger partial charge in [0.05, 0.1) is 0 Å². The van der Waals surface area contributed by atoms with Crippen LogP contribution < -0.4 is 0 Å². The second-order valence-corrected chi connectivity index (χ2v) is 5.53. The Morgan fingerprint density at radius 1 is 0.611 bits per heavy atom. The van der Waals surface area contributed by atoms with E-state index in [2.05, 4.69) is 13.8 Å². The molecule has 0 spiro atoms. The summed E-state index contributed by atoms with van der Waals surface area (Å²) in [6, 6.07) is 0. The molecule has 18 heavy (non-hydrogen) atoms. The first-order valence-electron chi connectivity index (χ1n) is 7.46. The van der Waals surface area contributed by atoms with Crippen LogP contribution in [0.25, 0.3) is 0 Å². The van der Waals surface area contributed by atoms with Crippen molar-refractivity contribution in [2.75, 3.05) is 13.2 Å². The standard InChI is InChI=1S/2C7H15O.Al.Li/c2*1-2-3-4-5-6-7-8;;/h2*2-7H2,1H3;;/q2*-1;+2;. The first-order chi connectivity index (χ1) is 8.41. The molecule has 0 unspecified atom stereocenters. The van der Waals surface area contributed by atoms with E-state index in [0.717, 1.165) is 13.2 Å². The molecule has 0 aliphatic heterocycles. The summed E-state index contributed by atoms with van der Waals surface area (Å²) in [5.41, 5.74) is 0. The van der Waals surface area contributed by atoms with Gasteiger partial charge in [0.1, 0.15) is 0 Å². The van der Waals surface area contributed by atoms with Crippen LogP contribution >= 0.6 is 0 Å². The zero-order valence-corrected chi connectivity index (χ0v) is 14.0. The fourth-order valence-electron chi connectivity index (χ4n) is 1.72. The van der Waals surface area contributed by atoms with Gasteiger partial charge in [-0.2, -0.15) is 0 Å². The van der Waals surface area contributed by atoms with E-state index < -0.39 is 0 Å². The van der Waals surface area contributed by atoms with Gasteiger partial charge in [-0.15, -0.1) is 0 Å². The predicted molar refractivity (Wildman–Crippen MR) is 80.9 cm³/mol. The molecule has 0 saturated carbocycles. The summed E-state index contributed by atoms with van der Waals surface area (Å²) in [5.74, 6) is 0. The molecule has 0 atom stereocenters. The summed E-state index contributed by atoms with van der Waals surface area (Å²) in [4.78, 5) is 0. The second-order valence-electron chi connectivity index (χ2n) is 4.67. The third-order valence-electron chi connectivity index (χ3n) is 2.87. The van der Waals surface area contributed by atoms with E-state index in [1.54, 1.807) is 0 Å². The van der Waals surface area contributed by atoms with Gasteiger partial charge in [-0.25, -0.2) is 0 Å². The molecule has 2 nitrogen and oxygen atoms in total. The van der Waals surface area contributed by atoms with E-state index in [0.29, 0.717) is 0 Å². The predicted octanol–water partition coefficient (Wildman–Crippen LogP) is 4.11. The molecule has 0 heterocycles. The molecule has 0 amide bonds. The van der Waals surface area contributed by atoms with Crippen LogP contribution in [0.3, 0.4) is 0 Å². The zero-order chi connectivity index (χ0) is 12.6. The summed E-state index contributed by atoms with van der Waals surface area (Å²) < 4.78 is 11.0. The van der Waals surface area contributed by atoms with Crippen LogP contribution in [0.15, 0.2) is 0 Å². The van der Waals surface area contributed by atoms with Crippen molar-refractivity contribution in [3.63, 3.8) is 0 Å². The molecule has 0 fully saturated rings. The van der Waals surface area contributed by atoms with Crippen LogP contribution in [0, 0.1) is 0 Å². The van der Waals surface area contributed by atoms with E-state index >= 15 is 0 Å². The fraction of sp³-hybridized carbons (Fsp3) is 1.00. The van der Waals surface area contributed by atoms with E-state index in [1.807, 2.05) is 0 Å². The number of unbranched alkanes of at least 4 members (excludes halogenated alkanes) is 8. The largest absolute Gasteiger partial charge is 0.668 e. The molecule has 0 saturated heterocycles.